The molecule has 0 unspecified atom stereocenters. The quantitative estimate of drug-likeness (QED) is 0.736. The summed E-state index contributed by atoms with van der Waals surface area (Å²) in [5, 5.41) is 3.04. The number of hydrogen-bond acceptors (Lipinski definition) is 4. The average Bonchev–Trinajstić information content (AvgIpc) is 2.69. The molecule has 5 nitrogen and oxygen atoms in total. The van der Waals surface area contributed by atoms with E-state index in [2.05, 4.69) is 32.3 Å². The molecule has 0 atom stereocenters. The Hall–Kier alpha value is -3.21. The molecule has 1 amide bonds. The molecule has 1 N–H and O–H groups in total. The normalized spacial score (nSPS) is 13.9. The maximum atomic E-state index is 12.3. The summed E-state index contributed by atoms with van der Waals surface area (Å²) in [4.78, 5) is 23.2. The summed E-state index contributed by atoms with van der Waals surface area (Å²) in [7, 11) is 0. The van der Waals surface area contributed by atoms with Crippen LogP contribution in [0.2, 0.25) is 0 Å². The van der Waals surface area contributed by atoms with Crippen LogP contribution in [0.5, 0.6) is 0 Å². The molecule has 0 radical (unpaired) electrons. The number of amides is 1. The lowest BCUT2D eigenvalue weighted by Gasteiger charge is -2.39. The summed E-state index contributed by atoms with van der Waals surface area (Å²) in [6.07, 6.45) is 2.44. The fourth-order valence-corrected chi connectivity index (χ4v) is 3.24. The molecule has 1 aliphatic rings. The molecule has 27 heavy (non-hydrogen) atoms. The van der Waals surface area contributed by atoms with Crippen molar-refractivity contribution in [3.05, 3.63) is 78.6 Å². The van der Waals surface area contributed by atoms with Gasteiger partial charge in [-0.1, -0.05) is 60.7 Å². The van der Waals surface area contributed by atoms with Crippen molar-refractivity contribution < 1.29 is 4.79 Å². The highest BCUT2D eigenvalue weighted by Crippen LogP contribution is 2.26. The highest BCUT2D eigenvalue weighted by atomic mass is 16.2. The molecule has 2 heterocycles. The Morgan fingerprint density at radius 3 is 2.44 bits per heavy atom. The lowest BCUT2D eigenvalue weighted by molar-refractivity contribution is -0.125. The Morgan fingerprint density at radius 2 is 1.70 bits per heavy atom. The van der Waals surface area contributed by atoms with Gasteiger partial charge in [0.05, 0.1) is 11.6 Å². The Labute approximate surface area is 159 Å². The number of rotatable bonds is 6. The monoisotopic (exact) mass is 358 g/mol. The number of nitrogens with zero attached hydrogens (tertiary/aromatic N) is 3. The van der Waals surface area contributed by atoms with E-state index >= 15 is 0 Å². The second kappa shape index (κ2) is 7.99. The summed E-state index contributed by atoms with van der Waals surface area (Å²) in [6, 6.07) is 22.2. The van der Waals surface area contributed by atoms with Gasteiger partial charge >= 0.3 is 0 Å². The second-order valence-corrected chi connectivity index (χ2v) is 6.76. The van der Waals surface area contributed by atoms with Crippen LogP contribution in [0, 0.1) is 5.92 Å². The van der Waals surface area contributed by atoms with E-state index in [1.54, 1.807) is 6.33 Å². The Bertz CT molecular complexity index is 892. The van der Waals surface area contributed by atoms with Gasteiger partial charge in [0.2, 0.25) is 5.91 Å². The van der Waals surface area contributed by atoms with Crippen LogP contribution in [0.15, 0.2) is 73.1 Å². The molecule has 1 saturated heterocycles. The van der Waals surface area contributed by atoms with E-state index in [4.69, 9.17) is 0 Å². The largest absolute Gasteiger partial charge is 0.355 e. The minimum absolute atomic E-state index is 0.0240. The number of benzene rings is 2. The first-order chi connectivity index (χ1) is 13.3. The second-order valence-electron chi connectivity index (χ2n) is 6.76. The molecule has 136 valence electrons. The van der Waals surface area contributed by atoms with Gasteiger partial charge in [-0.05, 0) is 12.0 Å². The Balaban J connectivity index is 1.28. The third kappa shape index (κ3) is 4.14. The van der Waals surface area contributed by atoms with E-state index < -0.39 is 0 Å². The third-order valence-corrected chi connectivity index (χ3v) is 4.85. The predicted octanol–water partition coefficient (Wildman–Crippen LogP) is 2.94. The van der Waals surface area contributed by atoms with Gasteiger partial charge in [-0.3, -0.25) is 4.79 Å². The molecule has 3 aromatic rings. The van der Waals surface area contributed by atoms with E-state index in [1.165, 1.54) is 5.56 Å². The molecule has 4 rings (SSSR count). The molecule has 0 spiro atoms. The summed E-state index contributed by atoms with van der Waals surface area (Å²) in [6.45, 7) is 2.07. The number of nitrogens with one attached hydrogen (secondary N) is 1. The van der Waals surface area contributed by atoms with Crippen LogP contribution in [0.4, 0.5) is 5.82 Å². The summed E-state index contributed by atoms with van der Waals surface area (Å²) < 4.78 is 0. The molecule has 0 bridgehead atoms. The van der Waals surface area contributed by atoms with Crippen molar-refractivity contribution in [3.63, 3.8) is 0 Å². The standard InChI is InChI=1S/C22H22N4O/c27-22(23-12-11-17-7-3-1-4-8-17)19-14-26(15-19)21-13-20(24-16-25-21)18-9-5-2-6-10-18/h1-10,13,16,19H,11-12,14-15H2,(H,23,27). The van der Waals surface area contributed by atoms with Crippen LogP contribution in [-0.4, -0.2) is 35.5 Å². The SMILES string of the molecule is O=C(NCCc1ccccc1)C1CN(c2cc(-c3ccccc3)ncn2)C1. The number of carbonyl (C=O) groups excluding carboxylic acids is 1. The predicted molar refractivity (Wildman–Crippen MR) is 106 cm³/mol. The van der Waals surface area contributed by atoms with E-state index in [9.17, 15) is 4.79 Å². The van der Waals surface area contributed by atoms with Crippen LogP contribution in [-0.2, 0) is 11.2 Å². The van der Waals surface area contributed by atoms with Crippen molar-refractivity contribution in [1.29, 1.82) is 0 Å². The lowest BCUT2D eigenvalue weighted by Crippen LogP contribution is -2.54. The maximum Gasteiger partial charge on any atom is 0.226 e. The van der Waals surface area contributed by atoms with E-state index in [-0.39, 0.29) is 11.8 Å². The van der Waals surface area contributed by atoms with Crippen LogP contribution < -0.4 is 10.2 Å². The first kappa shape index (κ1) is 17.2. The van der Waals surface area contributed by atoms with Crippen LogP contribution in [0.25, 0.3) is 11.3 Å². The molecule has 1 fully saturated rings. The minimum Gasteiger partial charge on any atom is -0.355 e. The molecule has 0 aliphatic carbocycles. The summed E-state index contributed by atoms with van der Waals surface area (Å²) in [5.41, 5.74) is 3.20. The number of hydrogen-bond donors (Lipinski definition) is 1. The van der Waals surface area contributed by atoms with Crippen LogP contribution in [0.1, 0.15) is 5.56 Å². The molecule has 2 aromatic carbocycles. The van der Waals surface area contributed by atoms with Gasteiger partial charge in [0, 0.05) is 31.3 Å². The van der Waals surface area contributed by atoms with E-state index in [0.29, 0.717) is 19.6 Å². The van der Waals surface area contributed by atoms with Crippen molar-refractivity contribution >= 4 is 11.7 Å². The molecule has 1 aliphatic heterocycles. The fraction of sp³-hybridized carbons (Fsp3) is 0.227. The van der Waals surface area contributed by atoms with Gasteiger partial charge < -0.3 is 10.2 Å². The lowest BCUT2D eigenvalue weighted by atomic mass is 9.99. The smallest absolute Gasteiger partial charge is 0.226 e. The number of carbonyl (C=O) groups is 1. The van der Waals surface area contributed by atoms with Crippen molar-refractivity contribution in [2.24, 2.45) is 5.92 Å². The Kier molecular flexibility index (Phi) is 5.10. The zero-order valence-corrected chi connectivity index (χ0v) is 15.1. The summed E-state index contributed by atoms with van der Waals surface area (Å²) in [5.74, 6) is 1.02. The summed E-state index contributed by atoms with van der Waals surface area (Å²) >= 11 is 0. The maximum absolute atomic E-state index is 12.3. The average molecular weight is 358 g/mol. The van der Waals surface area contributed by atoms with Crippen molar-refractivity contribution in [1.82, 2.24) is 15.3 Å². The van der Waals surface area contributed by atoms with Gasteiger partial charge in [0.15, 0.2) is 0 Å². The van der Waals surface area contributed by atoms with E-state index in [0.717, 1.165) is 23.5 Å². The molecule has 1 aromatic heterocycles. The Morgan fingerprint density at radius 1 is 1.00 bits per heavy atom. The topological polar surface area (TPSA) is 58.1 Å². The van der Waals surface area contributed by atoms with Gasteiger partial charge in [0.1, 0.15) is 12.1 Å². The molecule has 0 saturated carbocycles. The van der Waals surface area contributed by atoms with Crippen molar-refractivity contribution in [3.8, 4) is 11.3 Å². The van der Waals surface area contributed by atoms with Crippen molar-refractivity contribution in [2.75, 3.05) is 24.5 Å². The van der Waals surface area contributed by atoms with Gasteiger partial charge in [-0.15, -0.1) is 0 Å². The molecular weight excluding hydrogens is 336 g/mol. The fourth-order valence-electron chi connectivity index (χ4n) is 3.24. The van der Waals surface area contributed by atoms with E-state index in [1.807, 2.05) is 54.6 Å². The van der Waals surface area contributed by atoms with Gasteiger partial charge in [0.25, 0.3) is 0 Å². The zero-order chi connectivity index (χ0) is 18.5. The van der Waals surface area contributed by atoms with Gasteiger partial charge in [-0.25, -0.2) is 9.97 Å². The van der Waals surface area contributed by atoms with Gasteiger partial charge in [-0.2, -0.15) is 0 Å². The zero-order valence-electron chi connectivity index (χ0n) is 15.1. The minimum atomic E-state index is 0.0240. The first-order valence-electron chi connectivity index (χ1n) is 9.23. The van der Waals surface area contributed by atoms with Crippen LogP contribution >= 0.6 is 0 Å². The highest BCUT2D eigenvalue weighted by Gasteiger charge is 2.33. The highest BCUT2D eigenvalue weighted by molar-refractivity contribution is 5.82. The third-order valence-electron chi connectivity index (χ3n) is 4.85. The van der Waals surface area contributed by atoms with Crippen LogP contribution in [0.3, 0.4) is 0 Å². The first-order valence-corrected chi connectivity index (χ1v) is 9.23. The molecular formula is C22H22N4O. The number of anilines is 1. The number of aromatic nitrogens is 2. The van der Waals surface area contributed by atoms with Crippen molar-refractivity contribution in [2.45, 2.75) is 6.42 Å². The molecule has 5 heteroatoms.